The molecule has 1 aromatic heterocycles. The quantitative estimate of drug-likeness (QED) is 0.729. The summed E-state index contributed by atoms with van der Waals surface area (Å²) in [7, 11) is 0. The second-order valence-electron chi connectivity index (χ2n) is 3.43. The molecule has 0 saturated heterocycles. The maximum atomic E-state index is 11.9. The Kier molecular flexibility index (Phi) is 2.19. The van der Waals surface area contributed by atoms with Gasteiger partial charge in [-0.3, -0.25) is 14.8 Å². The molecule has 0 radical (unpaired) electrons. The standard InChI is InChI=1S/C11H4Br2N2O/c12-6-1-5-2-7-10(9(5)14-3-6)15-4-8(13)11(7)16/h1-4H. The number of aromatic nitrogens is 1. The van der Waals surface area contributed by atoms with Crippen molar-refractivity contribution in [2.45, 2.75) is 0 Å². The van der Waals surface area contributed by atoms with Crippen LogP contribution in [0.5, 0.6) is 0 Å². The SMILES string of the molecule is O=C1C(Br)=CN=C2C1=Cc1cc(Br)cnc12. The van der Waals surface area contributed by atoms with Crippen molar-refractivity contribution in [3.8, 4) is 0 Å². The lowest BCUT2D eigenvalue weighted by molar-refractivity contribution is -0.111. The molecule has 5 heteroatoms. The summed E-state index contributed by atoms with van der Waals surface area (Å²) >= 11 is 6.54. The highest BCUT2D eigenvalue weighted by Gasteiger charge is 2.30. The lowest BCUT2D eigenvalue weighted by Gasteiger charge is -2.07. The van der Waals surface area contributed by atoms with Gasteiger partial charge in [0.15, 0.2) is 0 Å². The Bertz CT molecular complexity index is 614. The van der Waals surface area contributed by atoms with Gasteiger partial charge in [0.25, 0.3) is 0 Å². The van der Waals surface area contributed by atoms with Crippen LogP contribution in [0, 0.1) is 0 Å². The van der Waals surface area contributed by atoms with Gasteiger partial charge >= 0.3 is 0 Å². The normalized spacial score (nSPS) is 17.4. The number of rotatable bonds is 0. The predicted octanol–water partition coefficient (Wildman–Crippen LogP) is 2.85. The highest BCUT2D eigenvalue weighted by molar-refractivity contribution is 9.12. The first kappa shape index (κ1) is 10.1. The lowest BCUT2D eigenvalue weighted by Crippen LogP contribution is -2.14. The third-order valence-electron chi connectivity index (χ3n) is 2.43. The minimum atomic E-state index is -0.0425. The zero-order valence-electron chi connectivity index (χ0n) is 7.87. The molecule has 16 heavy (non-hydrogen) atoms. The van der Waals surface area contributed by atoms with Gasteiger partial charge in [-0.15, -0.1) is 0 Å². The van der Waals surface area contributed by atoms with Crippen LogP contribution < -0.4 is 0 Å². The number of hydrogen-bond donors (Lipinski definition) is 0. The van der Waals surface area contributed by atoms with E-state index in [1.54, 1.807) is 6.20 Å². The van der Waals surface area contributed by atoms with Crippen molar-refractivity contribution in [2.24, 2.45) is 4.99 Å². The maximum absolute atomic E-state index is 11.9. The maximum Gasteiger partial charge on any atom is 0.203 e. The number of fused-ring (bicyclic) bond motifs is 3. The minimum absolute atomic E-state index is 0.0425. The minimum Gasteiger partial charge on any atom is -0.288 e. The Labute approximate surface area is 108 Å². The average molecular weight is 340 g/mol. The molecule has 1 aliphatic heterocycles. The first-order valence-corrected chi connectivity index (χ1v) is 6.11. The number of ketones is 1. The molecule has 0 unspecified atom stereocenters. The van der Waals surface area contributed by atoms with Crippen LogP contribution >= 0.6 is 31.9 Å². The smallest absolute Gasteiger partial charge is 0.203 e. The van der Waals surface area contributed by atoms with E-state index >= 15 is 0 Å². The zero-order chi connectivity index (χ0) is 11.3. The van der Waals surface area contributed by atoms with Crippen LogP contribution in [0.25, 0.3) is 6.08 Å². The number of carbonyl (C=O) groups is 1. The Morgan fingerprint density at radius 1 is 1.25 bits per heavy atom. The molecule has 0 fully saturated rings. The van der Waals surface area contributed by atoms with E-state index in [9.17, 15) is 4.79 Å². The summed E-state index contributed by atoms with van der Waals surface area (Å²) in [6.45, 7) is 0. The summed E-state index contributed by atoms with van der Waals surface area (Å²) in [5.41, 5.74) is 2.96. The molecule has 0 aromatic carbocycles. The molecule has 2 heterocycles. The average Bonchev–Trinajstić information content (AvgIpc) is 2.62. The molecule has 0 atom stereocenters. The Balaban J connectivity index is 2.24. The van der Waals surface area contributed by atoms with Crippen LogP contribution in [-0.2, 0) is 4.79 Å². The van der Waals surface area contributed by atoms with E-state index in [0.29, 0.717) is 15.8 Å². The molecule has 0 amide bonds. The fraction of sp³-hybridized carbons (Fsp3) is 0. The van der Waals surface area contributed by atoms with Gasteiger partial charge in [-0.1, -0.05) is 0 Å². The van der Waals surface area contributed by atoms with Gasteiger partial charge in [-0.25, -0.2) is 0 Å². The first-order valence-electron chi connectivity index (χ1n) is 4.53. The van der Waals surface area contributed by atoms with E-state index in [4.69, 9.17) is 0 Å². The molecule has 3 rings (SSSR count). The zero-order valence-corrected chi connectivity index (χ0v) is 11.0. The van der Waals surface area contributed by atoms with Gasteiger partial charge in [0, 0.05) is 22.4 Å². The van der Waals surface area contributed by atoms with Crippen molar-refractivity contribution >= 4 is 49.4 Å². The summed E-state index contributed by atoms with van der Waals surface area (Å²) in [6, 6.07) is 1.93. The predicted molar refractivity (Wildman–Crippen MR) is 68.5 cm³/mol. The van der Waals surface area contributed by atoms with Crippen LogP contribution in [0.2, 0.25) is 0 Å². The van der Waals surface area contributed by atoms with Crippen molar-refractivity contribution in [3.05, 3.63) is 44.2 Å². The van der Waals surface area contributed by atoms with E-state index in [2.05, 4.69) is 41.8 Å². The fourth-order valence-corrected chi connectivity index (χ4v) is 2.39. The number of nitrogens with zero attached hydrogens (tertiary/aromatic N) is 2. The van der Waals surface area contributed by atoms with Crippen molar-refractivity contribution in [1.82, 2.24) is 4.98 Å². The molecule has 2 aliphatic rings. The van der Waals surface area contributed by atoms with Gasteiger partial charge in [0.1, 0.15) is 5.71 Å². The van der Waals surface area contributed by atoms with E-state index in [1.165, 1.54) is 6.20 Å². The highest BCUT2D eigenvalue weighted by atomic mass is 79.9. The number of halogens is 2. The first-order chi connectivity index (χ1) is 7.66. The number of carbonyl (C=O) groups excluding carboxylic acids is 1. The van der Waals surface area contributed by atoms with Crippen LogP contribution in [0.15, 0.2) is 38.0 Å². The van der Waals surface area contributed by atoms with Crippen LogP contribution in [0.1, 0.15) is 11.3 Å². The Hall–Kier alpha value is -1.07. The molecule has 3 nitrogen and oxygen atoms in total. The van der Waals surface area contributed by atoms with Gasteiger partial charge < -0.3 is 0 Å². The van der Waals surface area contributed by atoms with Gasteiger partial charge in [0.2, 0.25) is 5.78 Å². The molecule has 1 aromatic rings. The Morgan fingerprint density at radius 2 is 2.06 bits per heavy atom. The number of pyridine rings is 1. The Morgan fingerprint density at radius 3 is 2.88 bits per heavy atom. The summed E-state index contributed by atoms with van der Waals surface area (Å²) < 4.78 is 1.37. The number of hydrogen-bond acceptors (Lipinski definition) is 3. The molecule has 1 aliphatic carbocycles. The van der Waals surface area contributed by atoms with E-state index in [1.807, 2.05) is 12.1 Å². The second-order valence-corrected chi connectivity index (χ2v) is 5.20. The number of Topliss-reactive ketones (excluding diaryl/α,β-unsaturated/α-hetero) is 1. The van der Waals surface area contributed by atoms with Gasteiger partial charge in [-0.2, -0.15) is 0 Å². The van der Waals surface area contributed by atoms with E-state index in [-0.39, 0.29) is 5.78 Å². The summed E-state index contributed by atoms with van der Waals surface area (Å²) in [6.07, 6.45) is 5.05. The second kappa shape index (κ2) is 3.46. The van der Waals surface area contributed by atoms with Crippen molar-refractivity contribution < 1.29 is 4.79 Å². The topological polar surface area (TPSA) is 42.3 Å². The summed E-state index contributed by atoms with van der Waals surface area (Å²) in [4.78, 5) is 20.4. The number of aliphatic imine (C=N–C) groups is 1. The largest absolute Gasteiger partial charge is 0.288 e. The monoisotopic (exact) mass is 338 g/mol. The fourth-order valence-electron chi connectivity index (χ4n) is 1.73. The van der Waals surface area contributed by atoms with E-state index < -0.39 is 0 Å². The summed E-state index contributed by atoms with van der Waals surface area (Å²) in [5, 5.41) is 0. The molecular formula is C11H4Br2N2O. The van der Waals surface area contributed by atoms with Crippen LogP contribution in [0.3, 0.4) is 0 Å². The lowest BCUT2D eigenvalue weighted by atomic mass is 10.1. The van der Waals surface area contributed by atoms with Crippen LogP contribution in [0.4, 0.5) is 0 Å². The molecule has 0 spiro atoms. The molecule has 0 N–H and O–H groups in total. The highest BCUT2D eigenvalue weighted by Crippen LogP contribution is 2.31. The van der Waals surface area contributed by atoms with Gasteiger partial charge in [0.05, 0.1) is 15.7 Å². The van der Waals surface area contributed by atoms with Crippen molar-refractivity contribution in [1.29, 1.82) is 0 Å². The molecule has 0 bridgehead atoms. The molecular weight excluding hydrogens is 336 g/mol. The summed E-state index contributed by atoms with van der Waals surface area (Å²) in [5.74, 6) is -0.0425. The van der Waals surface area contributed by atoms with Gasteiger partial charge in [-0.05, 0) is 44.0 Å². The van der Waals surface area contributed by atoms with Crippen molar-refractivity contribution in [3.63, 3.8) is 0 Å². The molecule has 78 valence electrons. The third-order valence-corrected chi connectivity index (χ3v) is 3.43. The number of allylic oxidation sites excluding steroid dienone is 2. The molecule has 0 saturated carbocycles. The van der Waals surface area contributed by atoms with Crippen molar-refractivity contribution in [2.75, 3.05) is 0 Å². The third kappa shape index (κ3) is 1.35. The van der Waals surface area contributed by atoms with Crippen LogP contribution in [-0.4, -0.2) is 16.5 Å². The van der Waals surface area contributed by atoms with E-state index in [0.717, 1.165) is 15.7 Å².